The number of amides is 1. The zero-order chi connectivity index (χ0) is 13.9. The van der Waals surface area contributed by atoms with Crippen molar-refractivity contribution in [3.8, 4) is 0 Å². The number of hydrogen-bond donors (Lipinski definition) is 2. The third-order valence-corrected chi connectivity index (χ3v) is 3.67. The molecule has 19 heavy (non-hydrogen) atoms. The molecule has 3 N–H and O–H groups in total. The van der Waals surface area contributed by atoms with Crippen LogP contribution >= 0.6 is 0 Å². The number of hydrogen-bond acceptors (Lipinski definition) is 5. The van der Waals surface area contributed by atoms with Crippen molar-refractivity contribution in [3.63, 3.8) is 0 Å². The first-order valence-electron chi connectivity index (χ1n) is 6.58. The van der Waals surface area contributed by atoms with E-state index in [0.717, 1.165) is 12.8 Å². The molecule has 6 nitrogen and oxygen atoms in total. The maximum Gasteiger partial charge on any atom is 0.287 e. The van der Waals surface area contributed by atoms with E-state index in [2.05, 4.69) is 19.0 Å². The number of nitrogens with zero attached hydrogens (tertiary/aromatic N) is 1. The number of rotatable bonds is 4. The lowest BCUT2D eigenvalue weighted by molar-refractivity contribution is -0.0136. The van der Waals surface area contributed by atoms with E-state index in [4.69, 9.17) is 15.1 Å². The summed E-state index contributed by atoms with van der Waals surface area (Å²) >= 11 is 0. The Bertz CT molecular complexity index is 432. The van der Waals surface area contributed by atoms with Gasteiger partial charge in [0.05, 0.1) is 6.10 Å². The van der Waals surface area contributed by atoms with Crippen molar-refractivity contribution in [1.82, 2.24) is 10.6 Å². The molecule has 1 saturated carbocycles. The lowest BCUT2D eigenvalue weighted by Crippen LogP contribution is -2.30. The first-order chi connectivity index (χ1) is 9.00. The first kappa shape index (κ1) is 14.0. The Hall–Kier alpha value is -1.40. The number of nitrogens with one attached hydrogen (secondary N) is 1. The highest BCUT2D eigenvalue weighted by Gasteiger charge is 2.27. The molecule has 1 amide bonds. The number of ether oxygens (including phenoxy) is 1. The monoisotopic (exact) mass is 267 g/mol. The summed E-state index contributed by atoms with van der Waals surface area (Å²) in [7, 11) is 0. The zero-order valence-corrected chi connectivity index (χ0v) is 11.4. The van der Waals surface area contributed by atoms with Gasteiger partial charge in [0.25, 0.3) is 5.91 Å². The standard InChI is InChI=1S/C13H21N3O3/c1-13(2)5-3-9(4-6-13)18-8-10-7-11(16-19-10)12(17)15-14/h7,9H,3-6,8,14H2,1-2H3,(H,15,17). The van der Waals surface area contributed by atoms with Gasteiger partial charge in [-0.1, -0.05) is 19.0 Å². The molecule has 0 unspecified atom stereocenters. The normalized spacial score (nSPS) is 19.3. The molecule has 1 aromatic rings. The second kappa shape index (κ2) is 5.71. The van der Waals surface area contributed by atoms with E-state index in [9.17, 15) is 4.79 Å². The maximum atomic E-state index is 11.2. The van der Waals surface area contributed by atoms with Gasteiger partial charge in [-0.05, 0) is 31.1 Å². The van der Waals surface area contributed by atoms with Crippen molar-refractivity contribution in [3.05, 3.63) is 17.5 Å². The van der Waals surface area contributed by atoms with Crippen LogP contribution in [0.2, 0.25) is 0 Å². The van der Waals surface area contributed by atoms with Crippen LogP contribution < -0.4 is 11.3 Å². The first-order valence-corrected chi connectivity index (χ1v) is 6.58. The van der Waals surface area contributed by atoms with Gasteiger partial charge < -0.3 is 9.26 Å². The third kappa shape index (κ3) is 3.78. The Morgan fingerprint density at radius 1 is 1.58 bits per heavy atom. The molecule has 1 aliphatic rings. The third-order valence-electron chi connectivity index (χ3n) is 3.67. The molecule has 0 spiro atoms. The Kier molecular flexibility index (Phi) is 4.21. The van der Waals surface area contributed by atoms with Crippen molar-refractivity contribution in [2.75, 3.05) is 0 Å². The number of nitrogen functional groups attached to an aromatic ring is 1. The van der Waals surface area contributed by atoms with Crippen LogP contribution in [0.5, 0.6) is 0 Å². The number of hydrazine groups is 1. The summed E-state index contributed by atoms with van der Waals surface area (Å²) < 4.78 is 10.8. The molecule has 1 aromatic heterocycles. The average molecular weight is 267 g/mol. The van der Waals surface area contributed by atoms with Gasteiger partial charge in [0.1, 0.15) is 6.61 Å². The lowest BCUT2D eigenvalue weighted by atomic mass is 9.76. The summed E-state index contributed by atoms with van der Waals surface area (Å²) in [5, 5.41) is 3.63. The van der Waals surface area contributed by atoms with Crippen molar-refractivity contribution < 1.29 is 14.1 Å². The van der Waals surface area contributed by atoms with E-state index in [1.807, 2.05) is 5.43 Å². The smallest absolute Gasteiger partial charge is 0.287 e. The van der Waals surface area contributed by atoms with E-state index in [-0.39, 0.29) is 11.8 Å². The Morgan fingerprint density at radius 2 is 2.26 bits per heavy atom. The van der Waals surface area contributed by atoms with Crippen molar-refractivity contribution in [1.29, 1.82) is 0 Å². The van der Waals surface area contributed by atoms with Gasteiger partial charge in [-0.25, -0.2) is 5.84 Å². The van der Waals surface area contributed by atoms with Gasteiger partial charge in [-0.3, -0.25) is 10.2 Å². The van der Waals surface area contributed by atoms with Gasteiger partial charge in [-0.15, -0.1) is 0 Å². The largest absolute Gasteiger partial charge is 0.370 e. The molecule has 0 atom stereocenters. The van der Waals surface area contributed by atoms with Crippen molar-refractivity contribution in [2.24, 2.45) is 11.3 Å². The SMILES string of the molecule is CC1(C)CCC(OCc2cc(C(=O)NN)no2)CC1. The predicted octanol–water partition coefficient (Wildman–Crippen LogP) is 1.76. The summed E-state index contributed by atoms with van der Waals surface area (Å²) in [6.45, 7) is 4.92. The number of nitrogens with two attached hydrogens (primary N) is 1. The van der Waals surface area contributed by atoms with Gasteiger partial charge in [0, 0.05) is 6.07 Å². The Labute approximate surface area is 112 Å². The molecule has 0 radical (unpaired) electrons. The molecule has 0 aromatic carbocycles. The second-order valence-corrected chi connectivity index (χ2v) is 5.83. The fourth-order valence-corrected chi connectivity index (χ4v) is 2.30. The maximum absolute atomic E-state index is 11.2. The van der Waals surface area contributed by atoms with Crippen molar-refractivity contribution in [2.45, 2.75) is 52.2 Å². The molecular formula is C13H21N3O3. The van der Waals surface area contributed by atoms with Crippen molar-refractivity contribution >= 4 is 5.91 Å². The molecule has 0 bridgehead atoms. The van der Waals surface area contributed by atoms with E-state index < -0.39 is 5.91 Å². The molecule has 0 aliphatic heterocycles. The molecule has 2 rings (SSSR count). The molecule has 106 valence electrons. The number of carbonyl (C=O) groups excluding carboxylic acids is 1. The van der Waals surface area contributed by atoms with Crippen LogP contribution in [0.1, 0.15) is 55.8 Å². The molecule has 1 heterocycles. The minimum Gasteiger partial charge on any atom is -0.370 e. The van der Waals surface area contributed by atoms with Gasteiger partial charge in [0.15, 0.2) is 11.5 Å². The fraction of sp³-hybridized carbons (Fsp3) is 0.692. The summed E-state index contributed by atoms with van der Waals surface area (Å²) in [5.74, 6) is 5.10. The lowest BCUT2D eigenvalue weighted by Gasteiger charge is -2.33. The summed E-state index contributed by atoms with van der Waals surface area (Å²) in [6, 6.07) is 1.55. The molecule has 0 saturated heterocycles. The van der Waals surface area contributed by atoms with Crippen LogP contribution in [0.25, 0.3) is 0 Å². The molecular weight excluding hydrogens is 246 g/mol. The molecule has 1 fully saturated rings. The quantitative estimate of drug-likeness (QED) is 0.493. The number of aromatic nitrogens is 1. The molecule has 6 heteroatoms. The van der Waals surface area contributed by atoms with E-state index in [0.29, 0.717) is 17.8 Å². The summed E-state index contributed by atoms with van der Waals surface area (Å²) in [6.07, 6.45) is 4.75. The minimum absolute atomic E-state index is 0.172. The van der Waals surface area contributed by atoms with Crippen LogP contribution in [0.15, 0.2) is 10.6 Å². The summed E-state index contributed by atoms with van der Waals surface area (Å²) in [4.78, 5) is 11.2. The fourth-order valence-electron chi connectivity index (χ4n) is 2.30. The van der Waals surface area contributed by atoms with Gasteiger partial charge in [0.2, 0.25) is 0 Å². The van der Waals surface area contributed by atoms with Gasteiger partial charge >= 0.3 is 0 Å². The van der Waals surface area contributed by atoms with Crippen LogP contribution in [-0.2, 0) is 11.3 Å². The second-order valence-electron chi connectivity index (χ2n) is 5.83. The molecule has 1 aliphatic carbocycles. The number of carbonyl (C=O) groups is 1. The highest BCUT2D eigenvalue weighted by Crippen LogP contribution is 2.36. The average Bonchev–Trinajstić information content (AvgIpc) is 2.85. The van der Waals surface area contributed by atoms with Gasteiger partial charge in [-0.2, -0.15) is 0 Å². The highest BCUT2D eigenvalue weighted by molar-refractivity contribution is 5.91. The highest BCUT2D eigenvalue weighted by atomic mass is 16.5. The van der Waals surface area contributed by atoms with E-state index in [1.165, 1.54) is 12.8 Å². The topological polar surface area (TPSA) is 90.4 Å². The summed E-state index contributed by atoms with van der Waals surface area (Å²) in [5.41, 5.74) is 2.61. The van der Waals surface area contributed by atoms with Crippen LogP contribution in [-0.4, -0.2) is 17.2 Å². The van der Waals surface area contributed by atoms with E-state index in [1.54, 1.807) is 6.07 Å². The van der Waals surface area contributed by atoms with Crippen LogP contribution in [0, 0.1) is 5.41 Å². The minimum atomic E-state index is -0.464. The zero-order valence-electron chi connectivity index (χ0n) is 11.4. The predicted molar refractivity (Wildman–Crippen MR) is 69.0 cm³/mol. The Morgan fingerprint density at radius 3 is 2.89 bits per heavy atom. The van der Waals surface area contributed by atoms with Crippen LogP contribution in [0.3, 0.4) is 0 Å². The van der Waals surface area contributed by atoms with E-state index >= 15 is 0 Å². The Balaban J connectivity index is 1.80. The van der Waals surface area contributed by atoms with Crippen LogP contribution in [0.4, 0.5) is 0 Å².